The Bertz CT molecular complexity index is 1000. The number of alkyl carbamates (subject to hydrolysis) is 2. The standard InChI is InChI=1S/C27H34N2O6/c1-27(2,3)35-26(32)29-23(24(30)33-4)15-9-10-16-28-25(31)34-17-22-20-13-7-5-11-18(20)19-12-6-8-14-21(19)22/h5-8,11-14,22-23H,9-10,15-17H2,1-4H3,(H,28,31)(H,29,32). The van der Waals surface area contributed by atoms with Crippen LogP contribution in [0.2, 0.25) is 0 Å². The molecule has 0 radical (unpaired) electrons. The van der Waals surface area contributed by atoms with Crippen molar-refractivity contribution >= 4 is 18.2 Å². The molecule has 1 unspecified atom stereocenters. The third kappa shape index (κ3) is 7.21. The first-order valence-corrected chi connectivity index (χ1v) is 11.9. The van der Waals surface area contributed by atoms with Gasteiger partial charge in [-0.1, -0.05) is 48.5 Å². The maximum Gasteiger partial charge on any atom is 0.408 e. The number of amides is 2. The summed E-state index contributed by atoms with van der Waals surface area (Å²) < 4.78 is 15.5. The van der Waals surface area contributed by atoms with Crippen molar-refractivity contribution in [2.24, 2.45) is 0 Å². The number of carbonyl (C=O) groups excluding carboxylic acids is 3. The molecule has 2 amide bonds. The highest BCUT2D eigenvalue weighted by atomic mass is 16.6. The number of fused-ring (bicyclic) bond motifs is 3. The van der Waals surface area contributed by atoms with Gasteiger partial charge in [0.2, 0.25) is 0 Å². The Balaban J connectivity index is 1.41. The molecule has 0 spiro atoms. The van der Waals surface area contributed by atoms with Crippen LogP contribution in [0.25, 0.3) is 11.1 Å². The summed E-state index contributed by atoms with van der Waals surface area (Å²) in [6, 6.07) is 15.5. The minimum absolute atomic E-state index is 0.00731. The molecule has 2 N–H and O–H groups in total. The Hall–Kier alpha value is -3.55. The SMILES string of the molecule is COC(=O)C(CCCCNC(=O)OCC1c2ccccc2-c2ccccc21)NC(=O)OC(C)(C)C. The predicted molar refractivity (Wildman–Crippen MR) is 132 cm³/mol. The number of esters is 1. The summed E-state index contributed by atoms with van der Waals surface area (Å²) in [6.07, 6.45) is 0.387. The van der Waals surface area contributed by atoms with Gasteiger partial charge >= 0.3 is 18.2 Å². The zero-order valence-electron chi connectivity index (χ0n) is 20.8. The van der Waals surface area contributed by atoms with Gasteiger partial charge in [-0.15, -0.1) is 0 Å². The number of ether oxygens (including phenoxy) is 3. The van der Waals surface area contributed by atoms with E-state index in [2.05, 4.69) is 34.9 Å². The molecule has 1 aliphatic rings. The quantitative estimate of drug-likeness (QED) is 0.303. The van der Waals surface area contributed by atoms with Crippen LogP contribution in [0.1, 0.15) is 57.1 Å². The van der Waals surface area contributed by atoms with Crippen molar-refractivity contribution in [3.8, 4) is 11.1 Å². The van der Waals surface area contributed by atoms with E-state index >= 15 is 0 Å². The number of benzene rings is 2. The highest BCUT2D eigenvalue weighted by Crippen LogP contribution is 2.44. The van der Waals surface area contributed by atoms with Gasteiger partial charge in [-0.05, 0) is 62.3 Å². The third-order valence-corrected chi connectivity index (χ3v) is 5.71. The van der Waals surface area contributed by atoms with E-state index < -0.39 is 29.8 Å². The van der Waals surface area contributed by atoms with Gasteiger partial charge in [-0.25, -0.2) is 14.4 Å². The monoisotopic (exact) mass is 482 g/mol. The van der Waals surface area contributed by atoms with Crippen molar-refractivity contribution in [1.29, 1.82) is 0 Å². The van der Waals surface area contributed by atoms with E-state index in [1.54, 1.807) is 20.8 Å². The molecule has 0 saturated heterocycles. The summed E-state index contributed by atoms with van der Waals surface area (Å²) in [4.78, 5) is 36.2. The van der Waals surface area contributed by atoms with Crippen LogP contribution in [-0.2, 0) is 19.0 Å². The zero-order valence-corrected chi connectivity index (χ0v) is 20.8. The molecule has 0 aromatic heterocycles. The van der Waals surface area contributed by atoms with Crippen LogP contribution in [-0.4, -0.2) is 50.1 Å². The minimum Gasteiger partial charge on any atom is -0.467 e. The number of carbonyl (C=O) groups is 3. The third-order valence-electron chi connectivity index (χ3n) is 5.71. The Morgan fingerprint density at radius 3 is 2.09 bits per heavy atom. The second kappa shape index (κ2) is 11.7. The Morgan fingerprint density at radius 1 is 0.914 bits per heavy atom. The first-order chi connectivity index (χ1) is 16.7. The normalized spacial score (nSPS) is 13.3. The van der Waals surface area contributed by atoms with Gasteiger partial charge in [0, 0.05) is 12.5 Å². The molecule has 2 aromatic rings. The zero-order chi connectivity index (χ0) is 25.4. The van der Waals surface area contributed by atoms with Crippen LogP contribution < -0.4 is 10.6 Å². The van der Waals surface area contributed by atoms with Gasteiger partial charge in [0.05, 0.1) is 7.11 Å². The molecular formula is C27H34N2O6. The summed E-state index contributed by atoms with van der Waals surface area (Å²) in [6.45, 7) is 5.87. The van der Waals surface area contributed by atoms with Gasteiger partial charge in [0.1, 0.15) is 18.2 Å². The van der Waals surface area contributed by atoms with E-state index in [1.807, 2.05) is 24.3 Å². The number of hydrogen-bond acceptors (Lipinski definition) is 6. The summed E-state index contributed by atoms with van der Waals surface area (Å²) in [5.41, 5.74) is 4.01. The van der Waals surface area contributed by atoms with Crippen molar-refractivity contribution in [1.82, 2.24) is 10.6 Å². The molecule has 2 aromatic carbocycles. The number of unbranched alkanes of at least 4 members (excludes halogenated alkanes) is 1. The van der Waals surface area contributed by atoms with E-state index in [4.69, 9.17) is 14.2 Å². The van der Waals surface area contributed by atoms with Crippen LogP contribution >= 0.6 is 0 Å². The van der Waals surface area contributed by atoms with E-state index in [9.17, 15) is 14.4 Å². The fourth-order valence-electron chi connectivity index (χ4n) is 4.15. The Labute approximate surface area is 206 Å². The van der Waals surface area contributed by atoms with Crippen LogP contribution in [0.5, 0.6) is 0 Å². The van der Waals surface area contributed by atoms with Crippen molar-refractivity contribution < 1.29 is 28.6 Å². The van der Waals surface area contributed by atoms with Gasteiger partial charge in [0.15, 0.2) is 0 Å². The number of hydrogen-bond donors (Lipinski definition) is 2. The fourth-order valence-corrected chi connectivity index (χ4v) is 4.15. The van der Waals surface area contributed by atoms with Crippen LogP contribution in [0.3, 0.4) is 0 Å². The van der Waals surface area contributed by atoms with E-state index in [1.165, 1.54) is 18.2 Å². The summed E-state index contributed by atoms with van der Waals surface area (Å²) in [5.74, 6) is -0.534. The number of methoxy groups -OCH3 is 1. The lowest BCUT2D eigenvalue weighted by Gasteiger charge is -2.22. The van der Waals surface area contributed by atoms with Gasteiger partial charge < -0.3 is 24.8 Å². The van der Waals surface area contributed by atoms with Gasteiger partial charge in [0.25, 0.3) is 0 Å². The minimum atomic E-state index is -0.815. The van der Waals surface area contributed by atoms with E-state index in [0.29, 0.717) is 25.8 Å². The first kappa shape index (κ1) is 26.1. The van der Waals surface area contributed by atoms with E-state index in [-0.39, 0.29) is 12.5 Å². The Morgan fingerprint density at radius 2 is 1.51 bits per heavy atom. The van der Waals surface area contributed by atoms with E-state index in [0.717, 1.165) is 11.1 Å². The Kier molecular flexibility index (Phi) is 8.73. The molecule has 0 heterocycles. The average Bonchev–Trinajstić information content (AvgIpc) is 3.14. The molecule has 0 saturated carbocycles. The van der Waals surface area contributed by atoms with Crippen molar-refractivity contribution in [2.45, 2.75) is 57.6 Å². The fraction of sp³-hybridized carbons (Fsp3) is 0.444. The topological polar surface area (TPSA) is 103 Å². The van der Waals surface area contributed by atoms with Crippen LogP contribution in [0.4, 0.5) is 9.59 Å². The second-order valence-corrected chi connectivity index (χ2v) is 9.47. The van der Waals surface area contributed by atoms with Crippen molar-refractivity contribution in [3.05, 3.63) is 59.7 Å². The molecule has 0 fully saturated rings. The van der Waals surface area contributed by atoms with Crippen LogP contribution in [0.15, 0.2) is 48.5 Å². The second-order valence-electron chi connectivity index (χ2n) is 9.47. The molecule has 0 bridgehead atoms. The molecule has 1 aliphatic carbocycles. The lowest BCUT2D eigenvalue weighted by atomic mass is 9.98. The molecule has 188 valence electrons. The summed E-state index contributed by atoms with van der Waals surface area (Å²) in [7, 11) is 1.27. The van der Waals surface area contributed by atoms with Gasteiger partial charge in [-0.2, -0.15) is 0 Å². The molecule has 0 aliphatic heterocycles. The molecule has 8 nitrogen and oxygen atoms in total. The highest BCUT2D eigenvalue weighted by Gasteiger charge is 2.29. The summed E-state index contributed by atoms with van der Waals surface area (Å²) >= 11 is 0. The predicted octanol–water partition coefficient (Wildman–Crippen LogP) is 4.76. The largest absolute Gasteiger partial charge is 0.467 e. The smallest absolute Gasteiger partial charge is 0.408 e. The molecule has 8 heteroatoms. The van der Waals surface area contributed by atoms with Crippen molar-refractivity contribution in [2.75, 3.05) is 20.3 Å². The molecule has 3 rings (SSSR count). The van der Waals surface area contributed by atoms with Gasteiger partial charge in [-0.3, -0.25) is 0 Å². The number of nitrogens with one attached hydrogen (secondary N) is 2. The first-order valence-electron chi connectivity index (χ1n) is 11.9. The van der Waals surface area contributed by atoms with Crippen molar-refractivity contribution in [3.63, 3.8) is 0 Å². The highest BCUT2D eigenvalue weighted by molar-refractivity contribution is 5.81. The average molecular weight is 483 g/mol. The lowest BCUT2D eigenvalue weighted by Crippen LogP contribution is -2.44. The molecule has 35 heavy (non-hydrogen) atoms. The lowest BCUT2D eigenvalue weighted by molar-refractivity contribution is -0.143. The molecular weight excluding hydrogens is 448 g/mol. The van der Waals surface area contributed by atoms with Crippen LogP contribution in [0, 0.1) is 0 Å². The maximum atomic E-state index is 12.3. The number of rotatable bonds is 9. The maximum absolute atomic E-state index is 12.3. The molecule has 1 atom stereocenters. The summed E-state index contributed by atoms with van der Waals surface area (Å²) in [5, 5.41) is 5.30.